The van der Waals surface area contributed by atoms with Gasteiger partial charge in [-0.1, -0.05) is 95.4 Å². The van der Waals surface area contributed by atoms with Gasteiger partial charge in [-0.2, -0.15) is 0 Å². The lowest BCUT2D eigenvalue weighted by atomic mass is 9.80. The van der Waals surface area contributed by atoms with Gasteiger partial charge in [0.1, 0.15) is 0 Å². The number of aryl methyl sites for hydroxylation is 1. The van der Waals surface area contributed by atoms with E-state index >= 15 is 0 Å². The van der Waals surface area contributed by atoms with Crippen molar-refractivity contribution in [2.24, 2.45) is 0 Å². The van der Waals surface area contributed by atoms with Crippen LogP contribution in [0.4, 0.5) is 11.4 Å². The minimum Gasteiger partial charge on any atom is -0.382 e. The van der Waals surface area contributed by atoms with Gasteiger partial charge in [-0.05, 0) is 50.2 Å². The van der Waals surface area contributed by atoms with Crippen LogP contribution in [-0.2, 0) is 6.42 Å². The second kappa shape index (κ2) is 12.3. The van der Waals surface area contributed by atoms with Gasteiger partial charge in [0.25, 0.3) is 0 Å². The van der Waals surface area contributed by atoms with E-state index in [9.17, 15) is 9.59 Å². The maximum Gasteiger partial charge on any atom is 0.196 e. The molecule has 4 nitrogen and oxygen atoms in total. The van der Waals surface area contributed by atoms with Gasteiger partial charge in [-0.15, -0.1) is 0 Å². The molecule has 2 saturated carbocycles. The Kier molecular flexibility index (Phi) is 8.63. The summed E-state index contributed by atoms with van der Waals surface area (Å²) in [7, 11) is 0. The summed E-state index contributed by atoms with van der Waals surface area (Å²) in [6.07, 6.45) is 19.0. The first-order valence-electron chi connectivity index (χ1n) is 15.1. The number of rotatable bonds is 10. The first-order chi connectivity index (χ1) is 18.2. The van der Waals surface area contributed by atoms with Crippen molar-refractivity contribution in [3.05, 3.63) is 58.1 Å². The number of hydrogen-bond acceptors (Lipinski definition) is 4. The molecule has 2 N–H and O–H groups in total. The van der Waals surface area contributed by atoms with Crippen LogP contribution in [0, 0.1) is 0 Å². The molecule has 3 aliphatic rings. The fourth-order valence-corrected chi connectivity index (χ4v) is 6.66. The number of anilines is 2. The van der Waals surface area contributed by atoms with Crippen molar-refractivity contribution in [3.8, 4) is 0 Å². The maximum absolute atomic E-state index is 14.1. The Labute approximate surface area is 223 Å². The number of unbranched alkanes of at least 4 members (excludes halogenated alkanes) is 4. The van der Waals surface area contributed by atoms with Gasteiger partial charge in [0, 0.05) is 34.6 Å². The van der Waals surface area contributed by atoms with E-state index in [0.717, 1.165) is 49.9 Å². The number of carbonyl (C=O) groups is 2. The molecule has 4 heteroatoms. The van der Waals surface area contributed by atoms with Gasteiger partial charge in [-0.3, -0.25) is 9.59 Å². The van der Waals surface area contributed by atoms with E-state index in [4.69, 9.17) is 0 Å². The van der Waals surface area contributed by atoms with Crippen molar-refractivity contribution in [1.82, 2.24) is 0 Å². The van der Waals surface area contributed by atoms with E-state index < -0.39 is 0 Å². The highest BCUT2D eigenvalue weighted by Crippen LogP contribution is 2.41. The molecule has 2 aromatic carbocycles. The summed E-state index contributed by atoms with van der Waals surface area (Å²) < 4.78 is 0. The molecule has 0 saturated heterocycles. The summed E-state index contributed by atoms with van der Waals surface area (Å²) in [5.41, 5.74) is 5.35. The number of carbonyl (C=O) groups excluding carboxylic acids is 2. The monoisotopic (exact) mass is 500 g/mol. The van der Waals surface area contributed by atoms with E-state index in [2.05, 4.69) is 23.6 Å². The molecule has 2 aromatic rings. The van der Waals surface area contributed by atoms with E-state index in [-0.39, 0.29) is 11.6 Å². The Balaban J connectivity index is 1.59. The average molecular weight is 501 g/mol. The topological polar surface area (TPSA) is 58.2 Å². The standard InChI is InChI=1S/C33H44N2O2/c1-2-3-4-5-8-15-23-22-28(34-24-16-9-6-10-17-24)29-30(31(23)35-25-18-11-7-12-19-25)33(37)27-21-14-13-20-26(27)32(29)36/h13-14,20-22,24-25,34-35H,2-12,15-19H2,1H3. The largest absolute Gasteiger partial charge is 0.382 e. The van der Waals surface area contributed by atoms with Crippen LogP contribution in [0.15, 0.2) is 30.3 Å². The molecule has 5 rings (SSSR count). The van der Waals surface area contributed by atoms with Gasteiger partial charge >= 0.3 is 0 Å². The number of nitrogens with one attached hydrogen (secondary N) is 2. The molecule has 0 spiro atoms. The van der Waals surface area contributed by atoms with Gasteiger partial charge in [0.15, 0.2) is 11.6 Å². The zero-order chi connectivity index (χ0) is 25.6. The molecule has 0 radical (unpaired) electrons. The van der Waals surface area contributed by atoms with Crippen molar-refractivity contribution in [1.29, 1.82) is 0 Å². The first-order valence-corrected chi connectivity index (χ1v) is 15.1. The van der Waals surface area contributed by atoms with Crippen LogP contribution < -0.4 is 10.6 Å². The summed E-state index contributed by atoms with van der Waals surface area (Å²) >= 11 is 0. The SMILES string of the molecule is CCCCCCCc1cc(NC2CCCCC2)c2c(c1NC1CCCCC1)C(=O)c1ccccc1C2=O. The quantitative estimate of drug-likeness (QED) is 0.274. The van der Waals surface area contributed by atoms with Gasteiger partial charge in [-0.25, -0.2) is 0 Å². The van der Waals surface area contributed by atoms with E-state index in [1.807, 2.05) is 24.3 Å². The van der Waals surface area contributed by atoms with Crippen LogP contribution in [0.2, 0.25) is 0 Å². The molecule has 0 aromatic heterocycles. The van der Waals surface area contributed by atoms with Crippen LogP contribution in [0.3, 0.4) is 0 Å². The summed E-state index contributed by atoms with van der Waals surface area (Å²) in [4.78, 5) is 28.1. The summed E-state index contributed by atoms with van der Waals surface area (Å²) in [6.45, 7) is 2.25. The summed E-state index contributed by atoms with van der Waals surface area (Å²) in [6, 6.07) is 10.4. The Hall–Kier alpha value is -2.62. The van der Waals surface area contributed by atoms with Crippen LogP contribution in [0.1, 0.15) is 141 Å². The highest BCUT2D eigenvalue weighted by molar-refractivity contribution is 6.32. The van der Waals surface area contributed by atoms with Crippen LogP contribution in [0.5, 0.6) is 0 Å². The lowest BCUT2D eigenvalue weighted by Crippen LogP contribution is -2.30. The fourth-order valence-electron chi connectivity index (χ4n) is 6.66. The molecule has 198 valence electrons. The van der Waals surface area contributed by atoms with Crippen LogP contribution in [0.25, 0.3) is 0 Å². The lowest BCUT2D eigenvalue weighted by Gasteiger charge is -2.32. The van der Waals surface area contributed by atoms with Crippen molar-refractivity contribution >= 4 is 22.9 Å². The van der Waals surface area contributed by atoms with Crippen molar-refractivity contribution in [2.75, 3.05) is 10.6 Å². The summed E-state index contributed by atoms with van der Waals surface area (Å²) in [5.74, 6) is -0.00673. The Bertz CT molecular complexity index is 1110. The smallest absolute Gasteiger partial charge is 0.196 e. The molecular weight excluding hydrogens is 456 g/mol. The average Bonchev–Trinajstić information content (AvgIpc) is 2.93. The molecule has 0 aliphatic heterocycles. The number of ketones is 2. The third kappa shape index (κ3) is 5.78. The highest BCUT2D eigenvalue weighted by atomic mass is 16.1. The van der Waals surface area contributed by atoms with Crippen LogP contribution in [-0.4, -0.2) is 23.7 Å². The highest BCUT2D eigenvalue weighted by Gasteiger charge is 2.36. The molecule has 37 heavy (non-hydrogen) atoms. The number of fused-ring (bicyclic) bond motifs is 2. The normalized spacial score (nSPS) is 18.4. The summed E-state index contributed by atoms with van der Waals surface area (Å²) in [5, 5.41) is 7.61. The first kappa shape index (κ1) is 26.0. The maximum atomic E-state index is 14.1. The van der Waals surface area contributed by atoms with Crippen LogP contribution >= 0.6 is 0 Å². The second-order valence-corrected chi connectivity index (χ2v) is 11.5. The molecule has 0 amide bonds. The van der Waals surface area contributed by atoms with Crippen molar-refractivity contribution < 1.29 is 9.59 Å². The Morgan fingerprint density at radius 3 is 1.89 bits per heavy atom. The van der Waals surface area contributed by atoms with E-state index in [0.29, 0.717) is 34.3 Å². The zero-order valence-electron chi connectivity index (χ0n) is 22.7. The third-order valence-corrected chi connectivity index (χ3v) is 8.75. The fraction of sp³-hybridized carbons (Fsp3) is 0.576. The van der Waals surface area contributed by atoms with Crippen molar-refractivity contribution in [3.63, 3.8) is 0 Å². The number of benzene rings is 2. The predicted octanol–water partition coefficient (Wildman–Crippen LogP) is 8.46. The number of hydrogen-bond donors (Lipinski definition) is 2. The van der Waals surface area contributed by atoms with Gasteiger partial charge in [0.2, 0.25) is 0 Å². The van der Waals surface area contributed by atoms with Gasteiger partial charge < -0.3 is 10.6 Å². The molecule has 3 aliphatic carbocycles. The zero-order valence-corrected chi connectivity index (χ0v) is 22.7. The minimum absolute atomic E-state index is 0.00281. The lowest BCUT2D eigenvalue weighted by molar-refractivity contribution is 0.0980. The molecule has 2 fully saturated rings. The molecule has 0 atom stereocenters. The molecule has 0 unspecified atom stereocenters. The Morgan fingerprint density at radius 2 is 1.27 bits per heavy atom. The Morgan fingerprint density at radius 1 is 0.703 bits per heavy atom. The third-order valence-electron chi connectivity index (χ3n) is 8.75. The van der Waals surface area contributed by atoms with E-state index in [1.165, 1.54) is 69.8 Å². The molecule has 0 bridgehead atoms. The second-order valence-electron chi connectivity index (χ2n) is 11.5. The predicted molar refractivity (Wildman–Crippen MR) is 153 cm³/mol. The minimum atomic E-state index is -0.00954. The van der Waals surface area contributed by atoms with Crippen molar-refractivity contribution in [2.45, 2.75) is 122 Å². The molecular formula is C33H44N2O2. The van der Waals surface area contributed by atoms with Gasteiger partial charge in [0.05, 0.1) is 11.1 Å². The van der Waals surface area contributed by atoms with E-state index in [1.54, 1.807) is 0 Å². The molecule has 0 heterocycles.